The number of unbranched alkanes of at least 4 members (excludes halogenated alkanes) is 5. The number of rotatable bonds is 12. The first-order chi connectivity index (χ1) is 9.36. The highest BCUT2D eigenvalue weighted by Gasteiger charge is 2.09. The van der Waals surface area contributed by atoms with Gasteiger partial charge in [-0.2, -0.15) is 11.8 Å². The third-order valence-corrected chi connectivity index (χ3v) is 4.91. The average molecular weight is 282 g/mol. The van der Waals surface area contributed by atoms with E-state index in [1.54, 1.807) is 0 Å². The molecule has 1 aromatic rings. The number of hydrogen-bond acceptors (Lipinski definition) is 2. The lowest BCUT2D eigenvalue weighted by molar-refractivity contribution is 0.552. The molecule has 0 saturated heterocycles. The van der Waals surface area contributed by atoms with Crippen molar-refractivity contribution in [2.75, 3.05) is 5.75 Å². The smallest absolute Gasteiger partial charge is 0.0946 e. The predicted molar refractivity (Wildman–Crippen MR) is 86.8 cm³/mol. The van der Waals surface area contributed by atoms with Crippen LogP contribution < -0.4 is 0 Å². The summed E-state index contributed by atoms with van der Waals surface area (Å²) in [7, 11) is 0. The van der Waals surface area contributed by atoms with Crippen LogP contribution in [0.4, 0.5) is 0 Å². The van der Waals surface area contributed by atoms with Crippen LogP contribution >= 0.6 is 11.8 Å². The van der Waals surface area contributed by atoms with Crippen molar-refractivity contribution in [2.24, 2.45) is 0 Å². The second-order valence-electron chi connectivity index (χ2n) is 5.31. The van der Waals surface area contributed by atoms with Gasteiger partial charge in [-0.05, 0) is 18.6 Å². The Morgan fingerprint density at radius 2 is 1.84 bits per heavy atom. The number of thioether (sulfide) groups is 1. The Labute approximate surface area is 123 Å². The molecule has 0 aliphatic heterocycles. The quantitative estimate of drug-likeness (QED) is 0.494. The third-order valence-electron chi connectivity index (χ3n) is 3.41. The topological polar surface area (TPSA) is 17.8 Å². The standard InChI is InChI=1S/C16H30N2S/c1-3-5-6-7-8-9-10-16(19-13-4-2)14-18-12-11-17-15-18/h11-12,15-16H,3-10,13-14H2,1-2H3. The van der Waals surface area contributed by atoms with Crippen molar-refractivity contribution in [3.8, 4) is 0 Å². The zero-order chi connectivity index (χ0) is 13.8. The van der Waals surface area contributed by atoms with E-state index < -0.39 is 0 Å². The lowest BCUT2D eigenvalue weighted by Crippen LogP contribution is -2.12. The Morgan fingerprint density at radius 3 is 2.53 bits per heavy atom. The highest BCUT2D eigenvalue weighted by Crippen LogP contribution is 2.21. The monoisotopic (exact) mass is 282 g/mol. The molecule has 0 fully saturated rings. The molecule has 0 spiro atoms. The Kier molecular flexibility index (Phi) is 9.96. The van der Waals surface area contributed by atoms with Gasteiger partial charge in [-0.3, -0.25) is 0 Å². The Balaban J connectivity index is 2.17. The van der Waals surface area contributed by atoms with Crippen molar-refractivity contribution in [1.82, 2.24) is 9.55 Å². The second-order valence-corrected chi connectivity index (χ2v) is 6.72. The lowest BCUT2D eigenvalue weighted by Gasteiger charge is -2.16. The predicted octanol–water partition coefficient (Wildman–Crippen LogP) is 5.15. The molecule has 0 aromatic carbocycles. The van der Waals surface area contributed by atoms with Crippen LogP contribution in [-0.2, 0) is 6.54 Å². The summed E-state index contributed by atoms with van der Waals surface area (Å²) in [5.74, 6) is 1.29. The van der Waals surface area contributed by atoms with Gasteiger partial charge in [-0.1, -0.05) is 52.4 Å². The van der Waals surface area contributed by atoms with E-state index in [-0.39, 0.29) is 0 Å². The minimum absolute atomic E-state index is 0.764. The fourth-order valence-corrected chi connectivity index (χ4v) is 3.47. The average Bonchev–Trinajstić information content (AvgIpc) is 2.92. The summed E-state index contributed by atoms with van der Waals surface area (Å²) >= 11 is 2.14. The first-order valence-electron chi connectivity index (χ1n) is 7.94. The van der Waals surface area contributed by atoms with Crippen LogP contribution in [0.1, 0.15) is 65.2 Å². The van der Waals surface area contributed by atoms with Crippen LogP contribution in [0.15, 0.2) is 18.7 Å². The third kappa shape index (κ3) is 8.35. The number of aromatic nitrogens is 2. The van der Waals surface area contributed by atoms with E-state index in [4.69, 9.17) is 0 Å². The first kappa shape index (κ1) is 16.6. The summed E-state index contributed by atoms with van der Waals surface area (Å²) in [5, 5.41) is 0.764. The van der Waals surface area contributed by atoms with Gasteiger partial charge in [0, 0.05) is 24.2 Å². The first-order valence-corrected chi connectivity index (χ1v) is 8.99. The molecule has 0 bridgehead atoms. The molecule has 0 aliphatic rings. The van der Waals surface area contributed by atoms with E-state index in [9.17, 15) is 0 Å². The van der Waals surface area contributed by atoms with E-state index in [1.807, 2.05) is 12.5 Å². The van der Waals surface area contributed by atoms with Gasteiger partial charge in [0.15, 0.2) is 0 Å². The maximum atomic E-state index is 4.14. The number of hydrogen-bond donors (Lipinski definition) is 0. The van der Waals surface area contributed by atoms with Crippen molar-refractivity contribution in [2.45, 2.75) is 77.0 Å². The molecule has 1 heterocycles. The van der Waals surface area contributed by atoms with Crippen molar-refractivity contribution in [3.63, 3.8) is 0 Å². The summed E-state index contributed by atoms with van der Waals surface area (Å²) in [6.45, 7) is 5.67. The maximum absolute atomic E-state index is 4.14. The van der Waals surface area contributed by atoms with Gasteiger partial charge in [0.25, 0.3) is 0 Å². The fourth-order valence-electron chi connectivity index (χ4n) is 2.29. The molecule has 19 heavy (non-hydrogen) atoms. The van der Waals surface area contributed by atoms with Crippen molar-refractivity contribution >= 4 is 11.8 Å². The minimum Gasteiger partial charge on any atom is -0.336 e. The molecule has 2 nitrogen and oxygen atoms in total. The molecule has 1 atom stereocenters. The van der Waals surface area contributed by atoms with Crippen molar-refractivity contribution < 1.29 is 0 Å². The lowest BCUT2D eigenvalue weighted by atomic mass is 10.1. The molecular weight excluding hydrogens is 252 g/mol. The van der Waals surface area contributed by atoms with Gasteiger partial charge in [-0.15, -0.1) is 0 Å². The summed E-state index contributed by atoms with van der Waals surface area (Å²) in [4.78, 5) is 4.14. The molecule has 1 unspecified atom stereocenters. The van der Waals surface area contributed by atoms with Crippen molar-refractivity contribution in [3.05, 3.63) is 18.7 Å². The maximum Gasteiger partial charge on any atom is 0.0946 e. The van der Waals surface area contributed by atoms with E-state index in [0.717, 1.165) is 11.8 Å². The SMILES string of the molecule is CCCCCCCCC(Cn1ccnc1)SCCC. The molecule has 0 N–H and O–H groups in total. The molecule has 1 aromatic heterocycles. The van der Waals surface area contributed by atoms with Gasteiger partial charge in [0.05, 0.1) is 6.33 Å². The number of nitrogens with zero attached hydrogens (tertiary/aromatic N) is 2. The largest absolute Gasteiger partial charge is 0.336 e. The molecule has 0 aliphatic carbocycles. The summed E-state index contributed by atoms with van der Waals surface area (Å²) in [5.41, 5.74) is 0. The molecule has 0 saturated carbocycles. The normalized spacial score (nSPS) is 12.7. The molecular formula is C16H30N2S. The van der Waals surface area contributed by atoms with Gasteiger partial charge in [-0.25, -0.2) is 4.98 Å². The molecule has 110 valence electrons. The Morgan fingerprint density at radius 1 is 1.05 bits per heavy atom. The Bertz CT molecular complexity index is 285. The van der Waals surface area contributed by atoms with Gasteiger partial charge >= 0.3 is 0 Å². The van der Waals surface area contributed by atoms with E-state index in [0.29, 0.717) is 0 Å². The van der Waals surface area contributed by atoms with Crippen LogP contribution in [-0.4, -0.2) is 20.6 Å². The zero-order valence-corrected chi connectivity index (χ0v) is 13.5. The highest BCUT2D eigenvalue weighted by molar-refractivity contribution is 7.99. The second kappa shape index (κ2) is 11.4. The van der Waals surface area contributed by atoms with E-state index in [2.05, 4.69) is 41.4 Å². The van der Waals surface area contributed by atoms with Crippen LogP contribution in [0.3, 0.4) is 0 Å². The van der Waals surface area contributed by atoms with Crippen LogP contribution in [0, 0.1) is 0 Å². The van der Waals surface area contributed by atoms with Crippen LogP contribution in [0.5, 0.6) is 0 Å². The van der Waals surface area contributed by atoms with Crippen LogP contribution in [0.2, 0.25) is 0 Å². The van der Waals surface area contributed by atoms with E-state index >= 15 is 0 Å². The summed E-state index contributed by atoms with van der Waals surface area (Å²) < 4.78 is 2.23. The summed E-state index contributed by atoms with van der Waals surface area (Å²) in [6.07, 6.45) is 16.9. The van der Waals surface area contributed by atoms with E-state index in [1.165, 1.54) is 57.1 Å². The molecule has 0 amide bonds. The van der Waals surface area contributed by atoms with Crippen molar-refractivity contribution in [1.29, 1.82) is 0 Å². The molecule has 3 heteroatoms. The zero-order valence-electron chi connectivity index (χ0n) is 12.7. The van der Waals surface area contributed by atoms with Gasteiger partial charge in [0.1, 0.15) is 0 Å². The minimum atomic E-state index is 0.764. The van der Waals surface area contributed by atoms with Crippen LogP contribution in [0.25, 0.3) is 0 Å². The highest BCUT2D eigenvalue weighted by atomic mass is 32.2. The Hall–Kier alpha value is -0.440. The summed E-state index contributed by atoms with van der Waals surface area (Å²) in [6, 6.07) is 0. The van der Waals surface area contributed by atoms with Gasteiger partial charge < -0.3 is 4.57 Å². The molecule has 0 radical (unpaired) electrons. The molecule has 1 rings (SSSR count). The van der Waals surface area contributed by atoms with Gasteiger partial charge in [0.2, 0.25) is 0 Å². The fraction of sp³-hybridized carbons (Fsp3) is 0.812. The number of imidazole rings is 1.